The average molecular weight is 398 g/mol. The first kappa shape index (κ1) is 18.1. The number of halogens is 1. The monoisotopic (exact) mass is 397 g/mol. The molecule has 0 radical (unpaired) electrons. The van der Waals surface area contributed by atoms with Gasteiger partial charge in [0.2, 0.25) is 10.0 Å². The summed E-state index contributed by atoms with van der Waals surface area (Å²) in [5.74, 6) is -0.428. The minimum absolute atomic E-state index is 0.124. The maximum Gasteiger partial charge on any atom is 0.258 e. The Morgan fingerprint density at radius 2 is 2.08 bits per heavy atom. The minimum Gasteiger partial charge on any atom is -0.271 e. The van der Waals surface area contributed by atoms with E-state index in [1.165, 1.54) is 46.1 Å². The van der Waals surface area contributed by atoms with E-state index < -0.39 is 22.0 Å². The molecule has 1 N–H and O–H groups in total. The number of sulfonamides is 1. The van der Waals surface area contributed by atoms with Gasteiger partial charge in [0.05, 0.1) is 11.1 Å². The van der Waals surface area contributed by atoms with E-state index in [2.05, 4.69) is 10.5 Å². The van der Waals surface area contributed by atoms with Crippen LogP contribution < -0.4 is 5.43 Å². The van der Waals surface area contributed by atoms with E-state index in [1.807, 2.05) is 17.5 Å². The number of hydrazone groups is 1. The molecular formula is C16H16ClN3O3S2. The number of nitrogens with one attached hydrogen (secondary N) is 1. The van der Waals surface area contributed by atoms with Crippen molar-refractivity contribution in [3.8, 4) is 0 Å². The van der Waals surface area contributed by atoms with Crippen molar-refractivity contribution in [2.75, 3.05) is 6.54 Å². The van der Waals surface area contributed by atoms with Crippen molar-refractivity contribution in [2.24, 2.45) is 5.10 Å². The quantitative estimate of drug-likeness (QED) is 0.622. The van der Waals surface area contributed by atoms with Gasteiger partial charge in [-0.05, 0) is 48.6 Å². The van der Waals surface area contributed by atoms with Gasteiger partial charge in [-0.3, -0.25) is 4.79 Å². The van der Waals surface area contributed by atoms with Crippen LogP contribution in [0.2, 0.25) is 5.02 Å². The second-order valence-corrected chi connectivity index (χ2v) is 8.78. The van der Waals surface area contributed by atoms with Crippen LogP contribution >= 0.6 is 22.9 Å². The summed E-state index contributed by atoms with van der Waals surface area (Å²) in [5.41, 5.74) is 2.44. The highest BCUT2D eigenvalue weighted by Crippen LogP contribution is 2.27. The number of thiophene rings is 1. The van der Waals surface area contributed by atoms with Crippen molar-refractivity contribution in [1.29, 1.82) is 0 Å². The molecule has 1 aliphatic heterocycles. The molecule has 2 aromatic rings. The summed E-state index contributed by atoms with van der Waals surface area (Å²) in [5, 5.41) is 6.27. The second-order valence-electron chi connectivity index (χ2n) is 5.48. The van der Waals surface area contributed by atoms with Crippen LogP contribution in [0.1, 0.15) is 17.7 Å². The Bertz CT molecular complexity index is 865. The lowest BCUT2D eigenvalue weighted by atomic mass is 10.2. The molecule has 1 aromatic carbocycles. The van der Waals surface area contributed by atoms with Crippen LogP contribution in [0, 0.1) is 0 Å². The molecule has 0 bridgehead atoms. The van der Waals surface area contributed by atoms with Crippen molar-refractivity contribution in [1.82, 2.24) is 9.73 Å². The number of hydrogen-bond donors (Lipinski definition) is 1. The number of benzene rings is 1. The van der Waals surface area contributed by atoms with Crippen LogP contribution in [0.15, 0.2) is 51.8 Å². The highest BCUT2D eigenvalue weighted by molar-refractivity contribution is 7.89. The maximum atomic E-state index is 12.8. The molecule has 1 fully saturated rings. The number of carbonyl (C=O) groups is 1. The molecule has 0 spiro atoms. The standard InChI is InChI=1S/C16H16ClN3O3S2/c17-12-5-7-14(8-6-12)25(22,23)20-9-1-4-15(20)16(21)19-18-11-13-3-2-10-24-13/h2-3,5-8,10-11,15H,1,4,9H2,(H,19,21)/b18-11-/t15-/m1/s1. The third-order valence-electron chi connectivity index (χ3n) is 3.84. The fourth-order valence-electron chi connectivity index (χ4n) is 2.63. The number of amides is 1. The second kappa shape index (κ2) is 7.65. The summed E-state index contributed by atoms with van der Waals surface area (Å²) >= 11 is 7.30. The van der Waals surface area contributed by atoms with Crippen molar-refractivity contribution in [2.45, 2.75) is 23.8 Å². The highest BCUT2D eigenvalue weighted by atomic mass is 35.5. The predicted octanol–water partition coefficient (Wildman–Crippen LogP) is 2.70. The summed E-state index contributed by atoms with van der Waals surface area (Å²) in [7, 11) is -3.75. The molecule has 1 aromatic heterocycles. The first-order chi connectivity index (χ1) is 12.0. The van der Waals surface area contributed by atoms with E-state index >= 15 is 0 Å². The molecule has 2 heterocycles. The summed E-state index contributed by atoms with van der Waals surface area (Å²) in [4.78, 5) is 13.4. The molecule has 0 unspecified atom stereocenters. The molecule has 1 saturated heterocycles. The van der Waals surface area contributed by atoms with Gasteiger partial charge in [0.1, 0.15) is 6.04 Å². The highest BCUT2D eigenvalue weighted by Gasteiger charge is 2.39. The van der Waals surface area contributed by atoms with Crippen LogP contribution in [-0.4, -0.2) is 37.4 Å². The van der Waals surface area contributed by atoms with Crippen LogP contribution in [-0.2, 0) is 14.8 Å². The van der Waals surface area contributed by atoms with E-state index in [9.17, 15) is 13.2 Å². The van der Waals surface area contributed by atoms with Crippen LogP contribution in [0.5, 0.6) is 0 Å². The number of hydrogen-bond acceptors (Lipinski definition) is 5. The third-order valence-corrected chi connectivity index (χ3v) is 6.82. The zero-order chi connectivity index (χ0) is 17.9. The van der Waals surface area contributed by atoms with Crippen molar-refractivity contribution >= 4 is 45.1 Å². The van der Waals surface area contributed by atoms with Gasteiger partial charge in [-0.15, -0.1) is 11.3 Å². The Balaban J connectivity index is 1.73. The number of carbonyl (C=O) groups excluding carboxylic acids is 1. The summed E-state index contributed by atoms with van der Waals surface area (Å²) < 4.78 is 26.8. The molecular weight excluding hydrogens is 382 g/mol. The molecule has 3 rings (SSSR count). The molecule has 9 heteroatoms. The normalized spacial score (nSPS) is 18.7. The van der Waals surface area contributed by atoms with Crippen molar-refractivity contribution in [3.63, 3.8) is 0 Å². The Hall–Kier alpha value is -1.74. The van der Waals surface area contributed by atoms with Crippen LogP contribution in [0.3, 0.4) is 0 Å². The van der Waals surface area contributed by atoms with Crippen molar-refractivity contribution < 1.29 is 13.2 Å². The average Bonchev–Trinajstić information content (AvgIpc) is 3.27. The lowest BCUT2D eigenvalue weighted by molar-refractivity contribution is -0.124. The van der Waals surface area contributed by atoms with E-state index in [0.29, 0.717) is 24.4 Å². The topological polar surface area (TPSA) is 78.8 Å². The first-order valence-corrected chi connectivity index (χ1v) is 10.3. The van der Waals surface area contributed by atoms with Crippen molar-refractivity contribution in [3.05, 3.63) is 51.7 Å². The molecule has 1 aliphatic rings. The molecule has 1 amide bonds. The molecule has 0 saturated carbocycles. The lowest BCUT2D eigenvalue weighted by Crippen LogP contribution is -2.44. The lowest BCUT2D eigenvalue weighted by Gasteiger charge is -2.22. The Kier molecular flexibility index (Phi) is 5.53. The molecule has 132 valence electrons. The molecule has 0 aliphatic carbocycles. The summed E-state index contributed by atoms with van der Waals surface area (Å²) in [6, 6.07) is 8.91. The zero-order valence-electron chi connectivity index (χ0n) is 13.1. The minimum atomic E-state index is -3.75. The molecule has 1 atom stereocenters. The van der Waals surface area contributed by atoms with E-state index in [0.717, 1.165) is 4.88 Å². The van der Waals surface area contributed by atoms with Gasteiger partial charge in [-0.2, -0.15) is 9.41 Å². The Labute approximate surface area is 155 Å². The molecule has 25 heavy (non-hydrogen) atoms. The molecule has 6 nitrogen and oxygen atoms in total. The van der Waals surface area contributed by atoms with Gasteiger partial charge in [-0.25, -0.2) is 13.8 Å². The van der Waals surface area contributed by atoms with Gasteiger partial charge in [0.15, 0.2) is 0 Å². The van der Waals surface area contributed by atoms with Crippen LogP contribution in [0.25, 0.3) is 0 Å². The smallest absolute Gasteiger partial charge is 0.258 e. The zero-order valence-corrected chi connectivity index (χ0v) is 15.5. The predicted molar refractivity (Wildman–Crippen MR) is 98.4 cm³/mol. The van der Waals surface area contributed by atoms with Gasteiger partial charge in [0, 0.05) is 16.4 Å². The van der Waals surface area contributed by atoms with E-state index in [1.54, 1.807) is 0 Å². The third kappa shape index (κ3) is 4.09. The van der Waals surface area contributed by atoms with E-state index in [4.69, 9.17) is 11.6 Å². The summed E-state index contributed by atoms with van der Waals surface area (Å²) in [6.45, 7) is 0.303. The first-order valence-electron chi connectivity index (χ1n) is 7.62. The van der Waals surface area contributed by atoms with Gasteiger partial charge in [0.25, 0.3) is 5.91 Å². The fourth-order valence-corrected chi connectivity index (χ4v) is 5.00. The maximum absolute atomic E-state index is 12.8. The van der Waals surface area contributed by atoms with Gasteiger partial charge >= 0.3 is 0 Å². The Morgan fingerprint density at radius 1 is 1.32 bits per heavy atom. The van der Waals surface area contributed by atoms with E-state index in [-0.39, 0.29) is 4.90 Å². The van der Waals surface area contributed by atoms with Gasteiger partial charge in [-0.1, -0.05) is 17.7 Å². The number of rotatable bonds is 5. The SMILES string of the molecule is O=C(N/N=C\c1cccs1)[C@H]1CCCN1S(=O)(=O)c1ccc(Cl)cc1. The largest absolute Gasteiger partial charge is 0.271 e. The van der Waals surface area contributed by atoms with Gasteiger partial charge < -0.3 is 0 Å². The van der Waals surface area contributed by atoms with Crippen LogP contribution in [0.4, 0.5) is 0 Å². The Morgan fingerprint density at radius 3 is 2.76 bits per heavy atom. The summed E-state index contributed by atoms with van der Waals surface area (Å²) in [6.07, 6.45) is 2.63. The number of nitrogens with zero attached hydrogens (tertiary/aromatic N) is 2. The fraction of sp³-hybridized carbons (Fsp3) is 0.250.